The van der Waals surface area contributed by atoms with Gasteiger partial charge in [-0.2, -0.15) is 5.26 Å². The van der Waals surface area contributed by atoms with Crippen molar-refractivity contribution in [2.24, 2.45) is 0 Å². The maximum absolute atomic E-state index is 11.6. The average molecular weight is 147 g/mol. The first kappa shape index (κ1) is 7.49. The van der Waals surface area contributed by atoms with Crippen molar-refractivity contribution in [3.63, 3.8) is 0 Å². The van der Waals surface area contributed by atoms with Gasteiger partial charge in [0, 0.05) is 0 Å². The molecule has 0 saturated heterocycles. The summed E-state index contributed by atoms with van der Waals surface area (Å²) in [6.45, 7) is 0. The number of hydrogen-bond donors (Lipinski definition) is 0. The predicted octanol–water partition coefficient (Wildman–Crippen LogP) is 2.50. The molecule has 0 unspecified atom stereocenters. The fourth-order valence-electron chi connectivity index (χ4n) is 0.742. The van der Waals surface area contributed by atoms with Crippen molar-refractivity contribution in [2.45, 2.75) is 0 Å². The Labute approximate surface area is 64.4 Å². The van der Waals surface area contributed by atoms with E-state index in [2.05, 4.69) is 0 Å². The largest absolute Gasteiger partial charge is 0.216 e. The molecule has 2 heteroatoms. The third-order valence-electron chi connectivity index (χ3n) is 1.30. The molecule has 0 saturated carbocycles. The van der Waals surface area contributed by atoms with Crippen molar-refractivity contribution in [2.75, 3.05) is 0 Å². The second kappa shape index (κ2) is 3.52. The molecule has 0 bridgehead atoms. The van der Waals surface area contributed by atoms with Crippen molar-refractivity contribution >= 4 is 6.08 Å². The second-order valence-electron chi connectivity index (χ2n) is 2.03. The zero-order valence-corrected chi connectivity index (χ0v) is 5.79. The Balaban J connectivity index is 2.94. The van der Waals surface area contributed by atoms with Crippen molar-refractivity contribution in [1.82, 2.24) is 0 Å². The van der Waals surface area contributed by atoms with Crippen LogP contribution in [-0.4, -0.2) is 0 Å². The first-order chi connectivity index (χ1) is 5.36. The van der Waals surface area contributed by atoms with Gasteiger partial charge in [-0.05, 0) is 23.8 Å². The number of hydrogen-bond acceptors (Lipinski definition) is 1. The minimum absolute atomic E-state index is 0.474. The van der Waals surface area contributed by atoms with Crippen LogP contribution in [0.15, 0.2) is 30.6 Å². The summed E-state index contributed by atoms with van der Waals surface area (Å²) >= 11 is 0. The SMILES string of the molecule is N#Cc1ccc(C=CF)cc1. The molecule has 1 nitrogen and oxygen atoms in total. The lowest BCUT2D eigenvalue weighted by molar-refractivity contribution is 0.727. The molecular formula is C9H6FN. The lowest BCUT2D eigenvalue weighted by Crippen LogP contribution is -1.73. The number of nitrogens with zero attached hydrogens (tertiary/aromatic N) is 1. The van der Waals surface area contributed by atoms with Gasteiger partial charge < -0.3 is 0 Å². The van der Waals surface area contributed by atoms with Crippen LogP contribution in [0.5, 0.6) is 0 Å². The highest BCUT2D eigenvalue weighted by atomic mass is 19.1. The van der Waals surface area contributed by atoms with E-state index in [0.29, 0.717) is 11.9 Å². The molecule has 0 aliphatic carbocycles. The second-order valence-corrected chi connectivity index (χ2v) is 2.03. The van der Waals surface area contributed by atoms with E-state index in [1.165, 1.54) is 6.08 Å². The van der Waals surface area contributed by atoms with E-state index in [1.54, 1.807) is 24.3 Å². The Bertz CT molecular complexity index is 292. The maximum atomic E-state index is 11.6. The highest BCUT2D eigenvalue weighted by Crippen LogP contribution is 2.04. The standard InChI is InChI=1S/C9H6FN/c10-6-5-8-1-3-9(7-11)4-2-8/h1-6H. The van der Waals surface area contributed by atoms with Crippen LogP contribution in [0.25, 0.3) is 6.08 Å². The summed E-state index contributed by atoms with van der Waals surface area (Å²) in [5.41, 5.74) is 1.34. The van der Waals surface area contributed by atoms with Crippen LogP contribution in [0.1, 0.15) is 11.1 Å². The summed E-state index contributed by atoms with van der Waals surface area (Å²) < 4.78 is 11.6. The number of benzene rings is 1. The number of rotatable bonds is 1. The van der Waals surface area contributed by atoms with Crippen molar-refractivity contribution in [3.05, 3.63) is 41.7 Å². The average Bonchev–Trinajstić information content (AvgIpc) is 2.07. The van der Waals surface area contributed by atoms with Gasteiger partial charge in [0.05, 0.1) is 18.0 Å². The van der Waals surface area contributed by atoms with E-state index >= 15 is 0 Å². The molecule has 0 heterocycles. The van der Waals surface area contributed by atoms with Gasteiger partial charge in [-0.25, -0.2) is 4.39 Å². The molecule has 0 aliphatic rings. The van der Waals surface area contributed by atoms with Crippen LogP contribution >= 0.6 is 0 Å². The smallest absolute Gasteiger partial charge is 0.0991 e. The zero-order valence-electron chi connectivity index (χ0n) is 5.79. The first-order valence-electron chi connectivity index (χ1n) is 3.14. The summed E-state index contributed by atoms with van der Waals surface area (Å²) in [6.07, 6.45) is 1.81. The third kappa shape index (κ3) is 1.91. The lowest BCUT2D eigenvalue weighted by atomic mass is 10.1. The minimum atomic E-state index is 0.474. The van der Waals surface area contributed by atoms with E-state index < -0.39 is 0 Å². The molecule has 0 amide bonds. The molecule has 0 fully saturated rings. The van der Waals surface area contributed by atoms with E-state index in [1.807, 2.05) is 6.07 Å². The molecular weight excluding hydrogens is 141 g/mol. The van der Waals surface area contributed by atoms with Crippen LogP contribution in [0.2, 0.25) is 0 Å². The molecule has 0 aromatic heterocycles. The summed E-state index contributed by atoms with van der Waals surface area (Å²) in [5.74, 6) is 0. The van der Waals surface area contributed by atoms with Crippen molar-refractivity contribution < 1.29 is 4.39 Å². The summed E-state index contributed by atoms with van der Waals surface area (Å²) in [4.78, 5) is 0. The van der Waals surface area contributed by atoms with E-state index in [0.717, 1.165) is 5.56 Å². The van der Waals surface area contributed by atoms with Crippen molar-refractivity contribution in [3.8, 4) is 6.07 Å². The van der Waals surface area contributed by atoms with E-state index in [9.17, 15) is 4.39 Å². The summed E-state index contributed by atoms with van der Waals surface area (Å²) in [5, 5.41) is 8.42. The van der Waals surface area contributed by atoms with Crippen LogP contribution in [0, 0.1) is 11.3 Å². The Kier molecular flexibility index (Phi) is 2.40. The summed E-state index contributed by atoms with van der Waals surface area (Å²) in [6, 6.07) is 8.65. The highest BCUT2D eigenvalue weighted by molar-refractivity contribution is 5.49. The van der Waals surface area contributed by atoms with Gasteiger partial charge >= 0.3 is 0 Å². The van der Waals surface area contributed by atoms with Crippen LogP contribution < -0.4 is 0 Å². The van der Waals surface area contributed by atoms with E-state index in [-0.39, 0.29) is 0 Å². The van der Waals surface area contributed by atoms with Gasteiger partial charge in [0.25, 0.3) is 0 Å². The Hall–Kier alpha value is -1.62. The Morgan fingerprint density at radius 3 is 2.36 bits per heavy atom. The van der Waals surface area contributed by atoms with E-state index in [4.69, 9.17) is 5.26 Å². The molecule has 11 heavy (non-hydrogen) atoms. The molecule has 1 aromatic rings. The normalized spacial score (nSPS) is 9.82. The predicted molar refractivity (Wildman–Crippen MR) is 41.3 cm³/mol. The van der Waals surface area contributed by atoms with Gasteiger partial charge in [0.1, 0.15) is 0 Å². The highest BCUT2D eigenvalue weighted by Gasteiger charge is 1.87. The monoisotopic (exact) mass is 147 g/mol. The Morgan fingerprint density at radius 2 is 1.91 bits per heavy atom. The third-order valence-corrected chi connectivity index (χ3v) is 1.30. The number of halogens is 1. The lowest BCUT2D eigenvalue weighted by Gasteiger charge is -1.90. The topological polar surface area (TPSA) is 23.8 Å². The molecule has 54 valence electrons. The minimum Gasteiger partial charge on any atom is -0.216 e. The molecule has 1 rings (SSSR count). The molecule has 0 radical (unpaired) electrons. The molecule has 1 aromatic carbocycles. The van der Waals surface area contributed by atoms with Gasteiger partial charge in [0.15, 0.2) is 0 Å². The van der Waals surface area contributed by atoms with Crippen molar-refractivity contribution in [1.29, 1.82) is 5.26 Å². The van der Waals surface area contributed by atoms with Crippen LogP contribution in [0.4, 0.5) is 4.39 Å². The molecule has 0 aliphatic heterocycles. The van der Waals surface area contributed by atoms with Gasteiger partial charge in [-0.3, -0.25) is 0 Å². The molecule has 0 N–H and O–H groups in total. The van der Waals surface area contributed by atoms with Crippen LogP contribution in [0.3, 0.4) is 0 Å². The Morgan fingerprint density at radius 1 is 1.27 bits per heavy atom. The fourth-order valence-corrected chi connectivity index (χ4v) is 0.742. The zero-order chi connectivity index (χ0) is 8.10. The number of nitriles is 1. The molecule has 0 atom stereocenters. The van der Waals surface area contributed by atoms with Gasteiger partial charge in [-0.1, -0.05) is 12.1 Å². The summed E-state index contributed by atoms with van der Waals surface area (Å²) in [7, 11) is 0. The molecule has 0 spiro atoms. The fraction of sp³-hybridized carbons (Fsp3) is 0. The van der Waals surface area contributed by atoms with Gasteiger partial charge in [0.2, 0.25) is 0 Å². The maximum Gasteiger partial charge on any atom is 0.0991 e. The van der Waals surface area contributed by atoms with Gasteiger partial charge in [-0.15, -0.1) is 0 Å². The van der Waals surface area contributed by atoms with Crippen LogP contribution in [-0.2, 0) is 0 Å². The quantitative estimate of drug-likeness (QED) is 0.598. The first-order valence-corrected chi connectivity index (χ1v) is 3.14.